The van der Waals surface area contributed by atoms with Crippen molar-refractivity contribution in [2.75, 3.05) is 6.54 Å². The highest BCUT2D eigenvalue weighted by atomic mass is 35.5. The minimum Gasteiger partial charge on any atom is -0.480 e. The van der Waals surface area contributed by atoms with Crippen molar-refractivity contribution in [2.24, 2.45) is 17.1 Å². The second-order valence-electron chi connectivity index (χ2n) is 7.60. The summed E-state index contributed by atoms with van der Waals surface area (Å²) in [4.78, 5) is 23.8. The highest BCUT2D eigenvalue weighted by Gasteiger charge is 2.65. The lowest BCUT2D eigenvalue weighted by Crippen LogP contribution is -2.42. The zero-order chi connectivity index (χ0) is 22.5. The Morgan fingerprint density at radius 2 is 2.03 bits per heavy atom. The molecule has 30 heavy (non-hydrogen) atoms. The summed E-state index contributed by atoms with van der Waals surface area (Å²) in [5, 5.41) is 14.2. The van der Waals surface area contributed by atoms with Crippen LogP contribution in [0.25, 0.3) is 0 Å². The van der Waals surface area contributed by atoms with E-state index in [0.29, 0.717) is 0 Å². The maximum Gasteiger partial charge on any atom is 0.350 e. The summed E-state index contributed by atoms with van der Waals surface area (Å²) < 4.78 is 54.5. The lowest BCUT2D eigenvalue weighted by Gasteiger charge is -2.23. The fourth-order valence-electron chi connectivity index (χ4n) is 4.04. The normalized spacial score (nSPS) is 29.3. The van der Waals surface area contributed by atoms with Gasteiger partial charge in [0.2, 0.25) is 15.7 Å². The predicted molar refractivity (Wildman–Crippen MR) is 100 cm³/mol. The molecule has 3 N–H and O–H groups in total. The lowest BCUT2D eigenvalue weighted by molar-refractivity contribution is -0.142. The molecular formula is C18H18ClF2N3O5S. The molecule has 162 valence electrons. The summed E-state index contributed by atoms with van der Waals surface area (Å²) in [5.41, 5.74) is 3.69. The number of carbonyl (C=O) groups is 2. The SMILES string of the molecule is N#CC1(C(N)=O)CC1N1C[C@@H](CC(F)(F)S(=O)(=O)c2ccccc2Cl)C[C@H]1C(=O)O. The third kappa shape index (κ3) is 3.53. The summed E-state index contributed by atoms with van der Waals surface area (Å²) in [5.74, 6) is -3.21. The molecule has 2 unspecified atom stereocenters. The first-order chi connectivity index (χ1) is 13.9. The number of hydrogen-bond acceptors (Lipinski definition) is 6. The molecule has 3 rings (SSSR count). The molecule has 1 aromatic rings. The molecule has 1 amide bonds. The molecule has 12 heteroatoms. The highest BCUT2D eigenvalue weighted by Crippen LogP contribution is 2.52. The molecule has 2 fully saturated rings. The van der Waals surface area contributed by atoms with E-state index in [1.54, 1.807) is 6.07 Å². The second-order valence-corrected chi connectivity index (χ2v) is 10.0. The van der Waals surface area contributed by atoms with E-state index < -0.39 is 61.7 Å². The van der Waals surface area contributed by atoms with E-state index in [0.717, 1.165) is 6.07 Å². The number of aliphatic carboxylic acids is 1. The number of primary amides is 1. The summed E-state index contributed by atoms with van der Waals surface area (Å²) in [6, 6.07) is 4.58. The monoisotopic (exact) mass is 461 g/mol. The zero-order valence-corrected chi connectivity index (χ0v) is 17.0. The number of carboxylic acid groups (broad SMARTS) is 1. The Balaban J connectivity index is 1.82. The van der Waals surface area contributed by atoms with Gasteiger partial charge in [-0.15, -0.1) is 0 Å². The summed E-state index contributed by atoms with van der Waals surface area (Å²) >= 11 is 5.77. The average Bonchev–Trinajstić information content (AvgIpc) is 3.27. The second kappa shape index (κ2) is 7.44. The van der Waals surface area contributed by atoms with Crippen LogP contribution in [0.5, 0.6) is 0 Å². The number of hydrogen-bond donors (Lipinski definition) is 2. The van der Waals surface area contributed by atoms with Gasteiger partial charge in [-0.3, -0.25) is 14.5 Å². The van der Waals surface area contributed by atoms with Crippen molar-refractivity contribution in [1.29, 1.82) is 5.26 Å². The number of nitrogens with zero attached hydrogens (tertiary/aromatic N) is 2. The van der Waals surface area contributed by atoms with Crippen molar-refractivity contribution in [2.45, 2.75) is 41.5 Å². The summed E-state index contributed by atoms with van der Waals surface area (Å²) in [6.45, 7) is -0.202. The van der Waals surface area contributed by atoms with Crippen molar-refractivity contribution in [3.8, 4) is 6.07 Å². The number of benzene rings is 1. The number of amides is 1. The topological polar surface area (TPSA) is 142 Å². The maximum absolute atomic E-state index is 14.8. The van der Waals surface area contributed by atoms with Gasteiger partial charge in [-0.05, 0) is 30.9 Å². The molecule has 0 radical (unpaired) electrons. The minimum atomic E-state index is -5.12. The van der Waals surface area contributed by atoms with Crippen LogP contribution in [0, 0.1) is 22.7 Å². The van der Waals surface area contributed by atoms with Crippen LogP contribution in [0.2, 0.25) is 5.02 Å². The molecule has 1 heterocycles. The molecule has 8 nitrogen and oxygen atoms in total. The number of rotatable bonds is 7. The number of sulfone groups is 1. The molecular weight excluding hydrogens is 444 g/mol. The molecule has 1 aromatic carbocycles. The fourth-order valence-corrected chi connectivity index (χ4v) is 5.84. The third-order valence-electron chi connectivity index (χ3n) is 5.72. The Kier molecular flexibility index (Phi) is 5.56. The van der Waals surface area contributed by atoms with Gasteiger partial charge in [-0.1, -0.05) is 23.7 Å². The fraction of sp³-hybridized carbons (Fsp3) is 0.500. The molecule has 1 saturated carbocycles. The number of nitrogens with two attached hydrogens (primary N) is 1. The average molecular weight is 462 g/mol. The van der Waals surface area contributed by atoms with Crippen LogP contribution in [0.15, 0.2) is 29.2 Å². The number of alkyl halides is 2. The third-order valence-corrected chi connectivity index (χ3v) is 8.05. The Hall–Kier alpha value is -2.29. The molecule has 0 spiro atoms. The van der Waals surface area contributed by atoms with Crippen molar-refractivity contribution >= 4 is 33.3 Å². The quantitative estimate of drug-likeness (QED) is 0.628. The van der Waals surface area contributed by atoms with Crippen LogP contribution in [0.1, 0.15) is 19.3 Å². The number of nitriles is 1. The molecule has 1 saturated heterocycles. The van der Waals surface area contributed by atoms with Gasteiger partial charge in [0.25, 0.3) is 0 Å². The molecule has 0 bridgehead atoms. The predicted octanol–water partition coefficient (Wildman–Crippen LogP) is 1.64. The Labute approximate surface area is 176 Å². The van der Waals surface area contributed by atoms with Gasteiger partial charge in [0.05, 0.1) is 16.0 Å². The molecule has 4 atom stereocenters. The van der Waals surface area contributed by atoms with Gasteiger partial charge in [0.1, 0.15) is 6.04 Å². The van der Waals surface area contributed by atoms with Crippen LogP contribution in [0.3, 0.4) is 0 Å². The van der Waals surface area contributed by atoms with E-state index in [-0.39, 0.29) is 24.4 Å². The number of halogens is 3. The van der Waals surface area contributed by atoms with Gasteiger partial charge in [0.15, 0.2) is 5.41 Å². The molecule has 1 aliphatic carbocycles. The van der Waals surface area contributed by atoms with Crippen LogP contribution in [0.4, 0.5) is 8.78 Å². The first-order valence-corrected chi connectivity index (χ1v) is 10.8. The Bertz CT molecular complexity index is 1040. The molecule has 2 aliphatic rings. The first kappa shape index (κ1) is 22.4. The van der Waals surface area contributed by atoms with Crippen molar-refractivity contribution in [3.05, 3.63) is 29.3 Å². The van der Waals surface area contributed by atoms with Crippen LogP contribution >= 0.6 is 11.6 Å². The smallest absolute Gasteiger partial charge is 0.350 e. The van der Waals surface area contributed by atoms with Gasteiger partial charge in [0, 0.05) is 19.0 Å². The van der Waals surface area contributed by atoms with E-state index >= 15 is 0 Å². The maximum atomic E-state index is 14.8. The van der Waals surface area contributed by atoms with Gasteiger partial charge >= 0.3 is 11.2 Å². The van der Waals surface area contributed by atoms with Crippen molar-refractivity contribution in [3.63, 3.8) is 0 Å². The number of carboxylic acids is 1. The highest BCUT2D eigenvalue weighted by molar-refractivity contribution is 7.92. The van der Waals surface area contributed by atoms with Crippen LogP contribution in [-0.2, 0) is 19.4 Å². The minimum absolute atomic E-state index is 0.00362. The molecule has 0 aromatic heterocycles. The van der Waals surface area contributed by atoms with E-state index in [9.17, 15) is 37.2 Å². The van der Waals surface area contributed by atoms with Gasteiger partial charge < -0.3 is 10.8 Å². The standard InChI is InChI=1S/C18H18ClF2N3O5S/c19-11-3-1-2-4-13(11)30(28,29)18(20,21)6-10-5-12(15(25)26)24(8-10)14-7-17(14,9-22)16(23)27/h1-4,10,12,14H,5-8H2,(H2,23,27)(H,25,26)/t10-,12+,14?,17?/m1/s1. The summed E-state index contributed by atoms with van der Waals surface area (Å²) in [6.07, 6.45) is -1.37. The van der Waals surface area contributed by atoms with E-state index in [1.165, 1.54) is 23.1 Å². The van der Waals surface area contributed by atoms with Crippen LogP contribution < -0.4 is 5.73 Å². The van der Waals surface area contributed by atoms with Crippen molar-refractivity contribution in [1.82, 2.24) is 4.90 Å². The van der Waals surface area contributed by atoms with E-state index in [4.69, 9.17) is 17.3 Å². The van der Waals surface area contributed by atoms with Gasteiger partial charge in [-0.2, -0.15) is 14.0 Å². The summed E-state index contributed by atoms with van der Waals surface area (Å²) in [7, 11) is -5.12. The largest absolute Gasteiger partial charge is 0.480 e. The Morgan fingerprint density at radius 3 is 2.53 bits per heavy atom. The number of likely N-dealkylation sites (tertiary alicyclic amines) is 1. The van der Waals surface area contributed by atoms with E-state index in [1.807, 2.05) is 0 Å². The first-order valence-electron chi connectivity index (χ1n) is 8.94. The number of carbonyl (C=O) groups excluding carboxylic acids is 1. The van der Waals surface area contributed by atoms with Crippen molar-refractivity contribution < 1.29 is 31.9 Å². The Morgan fingerprint density at radius 1 is 1.40 bits per heavy atom. The van der Waals surface area contributed by atoms with Gasteiger partial charge in [-0.25, -0.2) is 8.42 Å². The lowest BCUT2D eigenvalue weighted by atomic mass is 10.0. The van der Waals surface area contributed by atoms with E-state index in [2.05, 4.69) is 0 Å². The molecule has 1 aliphatic heterocycles. The van der Waals surface area contributed by atoms with Crippen LogP contribution in [-0.4, -0.2) is 54.2 Å². The zero-order valence-electron chi connectivity index (χ0n) is 15.5.